The number of nitrogens with one attached hydrogen (secondary N) is 3. The molecule has 180 valence electrons. The van der Waals surface area contributed by atoms with Crippen LogP contribution in [0.2, 0.25) is 0 Å². The molecule has 0 aromatic carbocycles. The van der Waals surface area contributed by atoms with Crippen molar-refractivity contribution < 1.29 is 24.3 Å². The predicted molar refractivity (Wildman–Crippen MR) is 120 cm³/mol. The third kappa shape index (κ3) is 9.67. The number of amides is 3. The van der Waals surface area contributed by atoms with Crippen molar-refractivity contribution in [2.24, 2.45) is 29.4 Å². The van der Waals surface area contributed by atoms with Crippen molar-refractivity contribution >= 4 is 23.7 Å². The van der Waals surface area contributed by atoms with Crippen LogP contribution in [0.25, 0.3) is 0 Å². The standard InChI is InChI=1S/C22H42N4O5/c1-9-14(8)18(26-19(27)16(23)12(4)5)21(29)25-17(13(6)7)20(28)24-15(22(30)31)10-11(2)3/h11-18H,9-10,23H2,1-8H3,(H,24,28)(H,25,29)(H,26,27)(H,30,31). The molecule has 0 aromatic heterocycles. The Kier molecular flexibility index (Phi) is 12.4. The van der Waals surface area contributed by atoms with Crippen LogP contribution in [-0.4, -0.2) is 53.0 Å². The predicted octanol–water partition coefficient (Wildman–Crippen LogP) is 1.26. The Bertz CT molecular complexity index is 621. The van der Waals surface area contributed by atoms with Crippen molar-refractivity contribution in [3.63, 3.8) is 0 Å². The third-order valence-corrected chi connectivity index (χ3v) is 5.38. The zero-order valence-electron chi connectivity index (χ0n) is 20.2. The van der Waals surface area contributed by atoms with Crippen LogP contribution in [0.1, 0.15) is 68.2 Å². The van der Waals surface area contributed by atoms with Crippen LogP contribution < -0.4 is 21.7 Å². The summed E-state index contributed by atoms with van der Waals surface area (Å²) in [5.41, 5.74) is 5.91. The van der Waals surface area contributed by atoms with Crippen molar-refractivity contribution in [3.8, 4) is 0 Å². The summed E-state index contributed by atoms with van der Waals surface area (Å²) in [6.07, 6.45) is 0.905. The first-order valence-corrected chi connectivity index (χ1v) is 11.1. The average Bonchev–Trinajstić information content (AvgIpc) is 2.66. The molecule has 0 heterocycles. The van der Waals surface area contributed by atoms with E-state index >= 15 is 0 Å². The van der Waals surface area contributed by atoms with E-state index in [0.717, 1.165) is 0 Å². The number of carboxylic acids is 1. The van der Waals surface area contributed by atoms with E-state index < -0.39 is 47.9 Å². The first-order chi connectivity index (χ1) is 14.2. The molecule has 0 aliphatic rings. The number of carbonyl (C=O) groups is 4. The minimum absolute atomic E-state index is 0.0728. The minimum Gasteiger partial charge on any atom is -0.480 e. The second kappa shape index (κ2) is 13.3. The van der Waals surface area contributed by atoms with Gasteiger partial charge in [-0.1, -0.05) is 61.8 Å². The molecule has 0 spiro atoms. The first kappa shape index (κ1) is 28.8. The van der Waals surface area contributed by atoms with Crippen LogP contribution in [0.4, 0.5) is 0 Å². The van der Waals surface area contributed by atoms with Crippen molar-refractivity contribution in [2.45, 2.75) is 92.4 Å². The van der Waals surface area contributed by atoms with Crippen LogP contribution in [0.3, 0.4) is 0 Å². The zero-order chi connectivity index (χ0) is 24.5. The molecule has 5 unspecified atom stereocenters. The number of rotatable bonds is 13. The second-order valence-corrected chi connectivity index (χ2v) is 9.40. The van der Waals surface area contributed by atoms with Crippen molar-refractivity contribution in [1.82, 2.24) is 16.0 Å². The third-order valence-electron chi connectivity index (χ3n) is 5.38. The molecule has 0 rings (SSSR count). The Morgan fingerprint density at radius 2 is 1.26 bits per heavy atom. The van der Waals surface area contributed by atoms with Gasteiger partial charge in [0, 0.05) is 0 Å². The molecule has 5 atom stereocenters. The van der Waals surface area contributed by atoms with Gasteiger partial charge in [-0.2, -0.15) is 0 Å². The molecule has 9 nitrogen and oxygen atoms in total. The summed E-state index contributed by atoms with van der Waals surface area (Å²) in [6.45, 7) is 14.6. The van der Waals surface area contributed by atoms with Crippen LogP contribution in [0.15, 0.2) is 0 Å². The van der Waals surface area contributed by atoms with E-state index in [9.17, 15) is 24.3 Å². The van der Waals surface area contributed by atoms with Gasteiger partial charge >= 0.3 is 5.97 Å². The maximum absolute atomic E-state index is 13.0. The van der Waals surface area contributed by atoms with Gasteiger partial charge in [0.05, 0.1) is 6.04 Å². The second-order valence-electron chi connectivity index (χ2n) is 9.40. The zero-order valence-corrected chi connectivity index (χ0v) is 20.2. The monoisotopic (exact) mass is 442 g/mol. The van der Waals surface area contributed by atoms with E-state index in [-0.39, 0.29) is 30.1 Å². The van der Waals surface area contributed by atoms with Gasteiger partial charge in [-0.15, -0.1) is 0 Å². The molecule has 0 saturated carbocycles. The lowest BCUT2D eigenvalue weighted by Crippen LogP contribution is -2.60. The van der Waals surface area contributed by atoms with Crippen molar-refractivity contribution in [3.05, 3.63) is 0 Å². The Morgan fingerprint density at radius 3 is 1.65 bits per heavy atom. The highest BCUT2D eigenvalue weighted by molar-refractivity contribution is 5.94. The molecular weight excluding hydrogens is 400 g/mol. The highest BCUT2D eigenvalue weighted by Crippen LogP contribution is 2.12. The summed E-state index contributed by atoms with van der Waals surface area (Å²) in [6, 6.07) is -3.60. The van der Waals surface area contributed by atoms with E-state index in [1.165, 1.54) is 0 Å². The number of hydrogen-bond acceptors (Lipinski definition) is 5. The van der Waals surface area contributed by atoms with Crippen molar-refractivity contribution in [1.29, 1.82) is 0 Å². The molecular formula is C22H42N4O5. The maximum atomic E-state index is 13.0. The fourth-order valence-electron chi connectivity index (χ4n) is 2.99. The van der Waals surface area contributed by atoms with Gasteiger partial charge in [-0.05, 0) is 30.1 Å². The van der Waals surface area contributed by atoms with E-state index in [0.29, 0.717) is 6.42 Å². The molecule has 0 saturated heterocycles. The molecule has 0 aliphatic heterocycles. The largest absolute Gasteiger partial charge is 0.480 e. The lowest BCUT2D eigenvalue weighted by atomic mass is 9.95. The number of aliphatic carboxylic acids is 1. The van der Waals surface area contributed by atoms with Gasteiger partial charge in [-0.3, -0.25) is 14.4 Å². The maximum Gasteiger partial charge on any atom is 0.326 e. The van der Waals surface area contributed by atoms with E-state index in [1.807, 2.05) is 41.5 Å². The summed E-state index contributed by atoms with van der Waals surface area (Å²) < 4.78 is 0. The molecule has 0 fully saturated rings. The van der Waals surface area contributed by atoms with Gasteiger partial charge in [0.2, 0.25) is 17.7 Å². The summed E-state index contributed by atoms with van der Waals surface area (Å²) in [7, 11) is 0. The topological polar surface area (TPSA) is 151 Å². The van der Waals surface area contributed by atoms with Crippen molar-refractivity contribution in [2.75, 3.05) is 0 Å². The van der Waals surface area contributed by atoms with E-state index in [1.54, 1.807) is 13.8 Å². The quantitative estimate of drug-likeness (QED) is 0.290. The van der Waals surface area contributed by atoms with Crippen LogP contribution in [-0.2, 0) is 19.2 Å². The Hall–Kier alpha value is -2.16. The Balaban J connectivity index is 5.49. The van der Waals surface area contributed by atoms with Gasteiger partial charge < -0.3 is 26.8 Å². The van der Waals surface area contributed by atoms with E-state index in [2.05, 4.69) is 16.0 Å². The molecule has 31 heavy (non-hydrogen) atoms. The van der Waals surface area contributed by atoms with Gasteiger partial charge in [0.15, 0.2) is 0 Å². The molecule has 3 amide bonds. The number of carboxylic acid groups (broad SMARTS) is 1. The SMILES string of the molecule is CCC(C)C(NC(=O)C(N)C(C)C)C(=O)NC(C(=O)NC(CC(C)C)C(=O)O)C(C)C. The fraction of sp³-hybridized carbons (Fsp3) is 0.818. The number of carbonyl (C=O) groups excluding carboxylic acids is 3. The van der Waals surface area contributed by atoms with Crippen LogP contribution in [0, 0.1) is 23.7 Å². The summed E-state index contributed by atoms with van der Waals surface area (Å²) in [4.78, 5) is 49.8. The molecule has 0 radical (unpaired) electrons. The minimum atomic E-state index is -1.12. The molecule has 0 aliphatic carbocycles. The van der Waals surface area contributed by atoms with Gasteiger partial charge in [0.25, 0.3) is 0 Å². The first-order valence-electron chi connectivity index (χ1n) is 11.1. The fourth-order valence-corrected chi connectivity index (χ4v) is 2.99. The molecule has 6 N–H and O–H groups in total. The summed E-state index contributed by atoms with van der Waals surface area (Å²) in [5, 5.41) is 17.3. The van der Waals surface area contributed by atoms with Crippen LogP contribution >= 0.6 is 0 Å². The summed E-state index contributed by atoms with van der Waals surface area (Å²) in [5.74, 6) is -3.11. The molecule has 0 aromatic rings. The highest BCUT2D eigenvalue weighted by atomic mass is 16.4. The average molecular weight is 443 g/mol. The Labute approximate surface area is 186 Å². The van der Waals surface area contributed by atoms with Gasteiger partial charge in [0.1, 0.15) is 18.1 Å². The highest BCUT2D eigenvalue weighted by Gasteiger charge is 2.34. The van der Waals surface area contributed by atoms with Gasteiger partial charge in [-0.25, -0.2) is 4.79 Å². The van der Waals surface area contributed by atoms with Crippen LogP contribution in [0.5, 0.6) is 0 Å². The lowest BCUT2D eigenvalue weighted by Gasteiger charge is -2.29. The molecule has 9 heteroatoms. The summed E-state index contributed by atoms with van der Waals surface area (Å²) >= 11 is 0. The smallest absolute Gasteiger partial charge is 0.326 e. The normalized spacial score (nSPS) is 16.4. The Morgan fingerprint density at radius 1 is 0.774 bits per heavy atom. The number of nitrogens with two attached hydrogens (primary N) is 1. The number of hydrogen-bond donors (Lipinski definition) is 5. The molecule has 0 bridgehead atoms. The van der Waals surface area contributed by atoms with E-state index in [4.69, 9.17) is 5.73 Å². The lowest BCUT2D eigenvalue weighted by molar-refractivity contribution is -0.143.